The molecule has 0 aliphatic carbocycles. The third kappa shape index (κ3) is 3.59. The summed E-state index contributed by atoms with van der Waals surface area (Å²) < 4.78 is 13.5. The number of para-hydroxylation sites is 1. The van der Waals surface area contributed by atoms with Crippen LogP contribution in [0.2, 0.25) is 0 Å². The van der Waals surface area contributed by atoms with Crippen LogP contribution in [-0.4, -0.2) is 6.04 Å². The first kappa shape index (κ1) is 12.6. The molecule has 2 rings (SSSR count). The molecule has 1 N–H and O–H groups in total. The fourth-order valence-electron chi connectivity index (χ4n) is 1.94. The van der Waals surface area contributed by atoms with Crippen molar-refractivity contribution in [2.45, 2.75) is 25.8 Å². The highest BCUT2D eigenvalue weighted by Crippen LogP contribution is 2.15. The quantitative estimate of drug-likeness (QED) is 0.827. The van der Waals surface area contributed by atoms with E-state index in [9.17, 15) is 4.39 Å². The van der Waals surface area contributed by atoms with E-state index >= 15 is 0 Å². The molecule has 0 radical (unpaired) electrons. The average Bonchev–Trinajstić information content (AvgIpc) is 2.40. The van der Waals surface area contributed by atoms with Gasteiger partial charge in [0, 0.05) is 6.04 Å². The van der Waals surface area contributed by atoms with E-state index in [0.717, 1.165) is 12.8 Å². The molecule has 0 heterocycles. The molecule has 18 heavy (non-hydrogen) atoms. The molecule has 2 aromatic carbocycles. The van der Waals surface area contributed by atoms with Crippen molar-refractivity contribution in [1.82, 2.24) is 0 Å². The second-order valence-electron chi connectivity index (χ2n) is 4.55. The van der Waals surface area contributed by atoms with Crippen molar-refractivity contribution in [3.8, 4) is 0 Å². The van der Waals surface area contributed by atoms with Crippen LogP contribution in [-0.2, 0) is 6.42 Å². The summed E-state index contributed by atoms with van der Waals surface area (Å²) in [4.78, 5) is 0. The molecule has 0 fully saturated rings. The van der Waals surface area contributed by atoms with Gasteiger partial charge in [-0.3, -0.25) is 0 Å². The van der Waals surface area contributed by atoms with Gasteiger partial charge >= 0.3 is 0 Å². The van der Waals surface area contributed by atoms with Gasteiger partial charge in [0.2, 0.25) is 0 Å². The topological polar surface area (TPSA) is 12.0 Å². The van der Waals surface area contributed by atoms with Gasteiger partial charge in [0.1, 0.15) is 5.82 Å². The summed E-state index contributed by atoms with van der Waals surface area (Å²) in [7, 11) is 0. The number of hydrogen-bond acceptors (Lipinski definition) is 1. The summed E-state index contributed by atoms with van der Waals surface area (Å²) in [5.74, 6) is -0.191. The van der Waals surface area contributed by atoms with Gasteiger partial charge in [-0.05, 0) is 37.5 Å². The van der Waals surface area contributed by atoms with E-state index in [2.05, 4.69) is 24.4 Å². The van der Waals surface area contributed by atoms with Crippen LogP contribution < -0.4 is 5.32 Å². The number of rotatable bonds is 5. The lowest BCUT2D eigenvalue weighted by Gasteiger charge is -2.15. The van der Waals surface area contributed by atoms with Gasteiger partial charge in [0.15, 0.2) is 0 Å². The lowest BCUT2D eigenvalue weighted by atomic mass is 10.1. The van der Waals surface area contributed by atoms with E-state index in [4.69, 9.17) is 0 Å². The minimum absolute atomic E-state index is 0.191. The van der Waals surface area contributed by atoms with Gasteiger partial charge in [-0.1, -0.05) is 42.5 Å². The first-order valence-corrected chi connectivity index (χ1v) is 6.30. The maximum atomic E-state index is 13.5. The molecule has 1 atom stereocenters. The minimum Gasteiger partial charge on any atom is -0.380 e. The molecule has 0 aliphatic heterocycles. The van der Waals surface area contributed by atoms with E-state index in [1.54, 1.807) is 12.1 Å². The maximum absolute atomic E-state index is 13.5. The van der Waals surface area contributed by atoms with E-state index in [1.807, 2.05) is 24.3 Å². The van der Waals surface area contributed by atoms with Crippen LogP contribution in [0.5, 0.6) is 0 Å². The number of nitrogens with one attached hydrogen (secondary N) is 1. The van der Waals surface area contributed by atoms with Crippen molar-refractivity contribution in [3.63, 3.8) is 0 Å². The smallest absolute Gasteiger partial charge is 0.146 e. The van der Waals surface area contributed by atoms with Crippen molar-refractivity contribution in [3.05, 3.63) is 66.0 Å². The third-order valence-electron chi connectivity index (χ3n) is 2.98. The SMILES string of the molecule is CC(CCc1ccccc1)Nc1ccccc1F. The summed E-state index contributed by atoms with van der Waals surface area (Å²) in [5.41, 5.74) is 1.90. The van der Waals surface area contributed by atoms with Crippen LogP contribution in [0.1, 0.15) is 18.9 Å². The Morgan fingerprint density at radius 3 is 2.39 bits per heavy atom. The van der Waals surface area contributed by atoms with Crippen molar-refractivity contribution in [2.75, 3.05) is 5.32 Å². The van der Waals surface area contributed by atoms with Crippen molar-refractivity contribution in [2.24, 2.45) is 0 Å². The highest BCUT2D eigenvalue weighted by atomic mass is 19.1. The number of aryl methyl sites for hydroxylation is 1. The van der Waals surface area contributed by atoms with Gasteiger partial charge in [-0.15, -0.1) is 0 Å². The molecular weight excluding hydrogens is 225 g/mol. The highest BCUT2D eigenvalue weighted by molar-refractivity contribution is 5.45. The lowest BCUT2D eigenvalue weighted by Crippen LogP contribution is -2.16. The number of halogens is 1. The normalized spacial score (nSPS) is 12.1. The zero-order valence-electron chi connectivity index (χ0n) is 10.6. The largest absolute Gasteiger partial charge is 0.380 e. The van der Waals surface area contributed by atoms with Crippen LogP contribution in [0.3, 0.4) is 0 Å². The molecule has 0 saturated heterocycles. The maximum Gasteiger partial charge on any atom is 0.146 e. The molecule has 0 spiro atoms. The molecule has 0 amide bonds. The molecular formula is C16H18FN. The summed E-state index contributed by atoms with van der Waals surface area (Å²) in [6, 6.07) is 17.4. The Morgan fingerprint density at radius 1 is 1.00 bits per heavy atom. The van der Waals surface area contributed by atoms with Crippen molar-refractivity contribution in [1.29, 1.82) is 0 Å². The Bertz CT molecular complexity index is 481. The molecule has 1 nitrogen and oxygen atoms in total. The van der Waals surface area contributed by atoms with Crippen molar-refractivity contribution >= 4 is 5.69 Å². The summed E-state index contributed by atoms with van der Waals surface area (Å²) in [6.07, 6.45) is 1.99. The van der Waals surface area contributed by atoms with Crippen LogP contribution in [0.15, 0.2) is 54.6 Å². The van der Waals surface area contributed by atoms with E-state index < -0.39 is 0 Å². The Kier molecular flexibility index (Phi) is 4.35. The monoisotopic (exact) mass is 243 g/mol. The Balaban J connectivity index is 1.86. The first-order valence-electron chi connectivity index (χ1n) is 6.30. The molecule has 0 aliphatic rings. The minimum atomic E-state index is -0.191. The number of anilines is 1. The van der Waals surface area contributed by atoms with Gasteiger partial charge in [0.05, 0.1) is 5.69 Å². The fourth-order valence-corrected chi connectivity index (χ4v) is 1.94. The molecule has 1 unspecified atom stereocenters. The van der Waals surface area contributed by atoms with Gasteiger partial charge < -0.3 is 5.32 Å². The predicted octanol–water partition coefficient (Wildman–Crippen LogP) is 4.26. The molecule has 0 saturated carbocycles. The standard InChI is InChI=1S/C16H18FN/c1-13(11-12-14-7-3-2-4-8-14)18-16-10-6-5-9-15(16)17/h2-10,13,18H,11-12H2,1H3. The predicted molar refractivity (Wildman–Crippen MR) is 74.2 cm³/mol. The lowest BCUT2D eigenvalue weighted by molar-refractivity contribution is 0.622. The van der Waals surface area contributed by atoms with Crippen LogP contribution in [0.25, 0.3) is 0 Å². The fraction of sp³-hybridized carbons (Fsp3) is 0.250. The third-order valence-corrected chi connectivity index (χ3v) is 2.98. The highest BCUT2D eigenvalue weighted by Gasteiger charge is 2.05. The van der Waals surface area contributed by atoms with Crippen LogP contribution in [0.4, 0.5) is 10.1 Å². The summed E-state index contributed by atoms with van der Waals surface area (Å²) in [6.45, 7) is 2.08. The Labute approximate surface area is 108 Å². The average molecular weight is 243 g/mol. The van der Waals surface area contributed by atoms with Gasteiger partial charge in [0.25, 0.3) is 0 Å². The van der Waals surface area contributed by atoms with Gasteiger partial charge in [-0.25, -0.2) is 4.39 Å². The summed E-state index contributed by atoms with van der Waals surface area (Å²) >= 11 is 0. The zero-order chi connectivity index (χ0) is 12.8. The Morgan fingerprint density at radius 2 is 1.67 bits per heavy atom. The van der Waals surface area contributed by atoms with E-state index in [-0.39, 0.29) is 11.9 Å². The second kappa shape index (κ2) is 6.20. The zero-order valence-corrected chi connectivity index (χ0v) is 10.6. The number of hydrogen-bond donors (Lipinski definition) is 1. The van der Waals surface area contributed by atoms with Crippen molar-refractivity contribution < 1.29 is 4.39 Å². The van der Waals surface area contributed by atoms with Gasteiger partial charge in [-0.2, -0.15) is 0 Å². The molecule has 94 valence electrons. The molecule has 2 heteroatoms. The Hall–Kier alpha value is -1.83. The molecule has 0 aromatic heterocycles. The molecule has 0 bridgehead atoms. The van der Waals surface area contributed by atoms with E-state index in [1.165, 1.54) is 11.6 Å². The second-order valence-corrected chi connectivity index (χ2v) is 4.55. The van der Waals surface area contributed by atoms with Crippen LogP contribution in [0, 0.1) is 5.82 Å². The summed E-state index contributed by atoms with van der Waals surface area (Å²) in [5, 5.41) is 3.21. The van der Waals surface area contributed by atoms with Crippen LogP contribution >= 0.6 is 0 Å². The number of benzene rings is 2. The first-order chi connectivity index (χ1) is 8.75. The van der Waals surface area contributed by atoms with E-state index in [0.29, 0.717) is 5.69 Å². The molecule has 2 aromatic rings.